The fourth-order valence-corrected chi connectivity index (χ4v) is 8.07. The fraction of sp³-hybridized carbons (Fsp3) is 0.567. The van der Waals surface area contributed by atoms with Gasteiger partial charge in [0.05, 0.1) is 18.6 Å². The molecule has 1 amide bonds. The van der Waals surface area contributed by atoms with Crippen molar-refractivity contribution in [2.24, 2.45) is 11.7 Å². The number of hydrogen-bond acceptors (Lipinski definition) is 8. The van der Waals surface area contributed by atoms with Crippen LogP contribution in [0.4, 0.5) is 0 Å². The Kier molecular flexibility index (Phi) is 9.62. The summed E-state index contributed by atoms with van der Waals surface area (Å²) >= 11 is 0. The van der Waals surface area contributed by atoms with Gasteiger partial charge in [-0.2, -0.15) is 4.31 Å². The second kappa shape index (κ2) is 12.9. The maximum Gasteiger partial charge on any atom is 0.254 e. The van der Waals surface area contributed by atoms with Crippen molar-refractivity contribution in [2.45, 2.75) is 38.0 Å². The van der Waals surface area contributed by atoms with Crippen molar-refractivity contribution in [3.63, 3.8) is 0 Å². The summed E-state index contributed by atoms with van der Waals surface area (Å²) in [6, 6.07) is 14.6. The van der Waals surface area contributed by atoms with Crippen LogP contribution in [0.5, 0.6) is 0 Å². The van der Waals surface area contributed by atoms with Gasteiger partial charge in [0.2, 0.25) is 20.0 Å². The number of nitrogens with two attached hydrogens (primary N) is 1. The van der Waals surface area contributed by atoms with Crippen molar-refractivity contribution < 1.29 is 26.7 Å². The molecule has 1 atom stereocenters. The second-order valence-electron chi connectivity index (χ2n) is 12.4. The Hall–Kier alpha value is -2.39. The lowest BCUT2D eigenvalue weighted by Crippen LogP contribution is -2.57. The van der Waals surface area contributed by atoms with Gasteiger partial charge in [0.15, 0.2) is 0 Å². The Labute approximate surface area is 255 Å². The number of carbonyl (C=O) groups excluding carboxylic acids is 1. The standard InChI is InChI=1S/C26H33N3O4S.C4H10N2O2S/c1-34(32,33)29-14-20(15-29)12-19-6-7-22-9-11-28(26(31)25(22)13-19)18-24(30)17-27-10-8-21-4-2-3-5-23(21)16-27;1-9(7,8)6-2-4(5)3-6/h2-7,13,20,24,30H,8-12,14-18H2,1H3;4H,2-3,5H2,1H3/t24-;/m0./s1. The highest BCUT2D eigenvalue weighted by atomic mass is 32.2. The van der Waals surface area contributed by atoms with Gasteiger partial charge in [-0.15, -0.1) is 0 Å². The number of sulfonamides is 2. The molecule has 0 spiro atoms. The molecule has 4 aliphatic rings. The van der Waals surface area contributed by atoms with E-state index in [1.165, 1.54) is 32.2 Å². The number of aliphatic hydroxyl groups excluding tert-OH is 1. The number of amides is 1. The minimum Gasteiger partial charge on any atom is -0.390 e. The molecule has 2 aromatic carbocycles. The molecule has 0 bridgehead atoms. The number of fused-ring (bicyclic) bond motifs is 2. The Morgan fingerprint density at radius 3 is 2.12 bits per heavy atom. The minimum absolute atomic E-state index is 0.0162. The topological polar surface area (TPSA) is 145 Å². The summed E-state index contributed by atoms with van der Waals surface area (Å²) in [5.74, 6) is 0.275. The number of β-amino-alcohol motifs (C(OH)–C–C–N with tert-alkyl or cyclic N) is 1. The van der Waals surface area contributed by atoms with Gasteiger partial charge in [-0.3, -0.25) is 9.69 Å². The molecule has 2 fully saturated rings. The molecule has 0 radical (unpaired) electrons. The van der Waals surface area contributed by atoms with Crippen LogP contribution in [0, 0.1) is 5.92 Å². The summed E-state index contributed by atoms with van der Waals surface area (Å²) in [6.07, 6.45) is 4.40. The van der Waals surface area contributed by atoms with Crippen LogP contribution in [0.25, 0.3) is 0 Å². The quantitative estimate of drug-likeness (QED) is 0.418. The van der Waals surface area contributed by atoms with Crippen LogP contribution in [-0.4, -0.2) is 123 Å². The molecule has 4 aliphatic heterocycles. The number of hydrogen-bond donors (Lipinski definition) is 2. The summed E-state index contributed by atoms with van der Waals surface area (Å²) in [4.78, 5) is 17.3. The number of rotatable bonds is 8. The molecule has 0 aliphatic carbocycles. The highest BCUT2D eigenvalue weighted by Crippen LogP contribution is 2.26. The zero-order valence-electron chi connectivity index (χ0n) is 24.9. The van der Waals surface area contributed by atoms with Gasteiger partial charge in [-0.05, 0) is 53.5 Å². The third kappa shape index (κ3) is 8.01. The zero-order chi connectivity index (χ0) is 30.9. The van der Waals surface area contributed by atoms with Crippen LogP contribution >= 0.6 is 0 Å². The molecular formula is C30H43N5O6S2. The monoisotopic (exact) mass is 633 g/mol. The zero-order valence-corrected chi connectivity index (χ0v) is 26.6. The van der Waals surface area contributed by atoms with Gasteiger partial charge in [0, 0.05) is 70.5 Å². The van der Waals surface area contributed by atoms with Crippen LogP contribution in [0.2, 0.25) is 0 Å². The van der Waals surface area contributed by atoms with E-state index in [0.717, 1.165) is 49.0 Å². The van der Waals surface area contributed by atoms with Crippen molar-refractivity contribution in [1.29, 1.82) is 0 Å². The van der Waals surface area contributed by atoms with E-state index in [2.05, 4.69) is 35.2 Å². The molecule has 236 valence electrons. The van der Waals surface area contributed by atoms with Crippen LogP contribution in [0.1, 0.15) is 32.6 Å². The van der Waals surface area contributed by atoms with Crippen LogP contribution in [0.15, 0.2) is 42.5 Å². The molecule has 4 heterocycles. The average molecular weight is 634 g/mol. The Morgan fingerprint density at radius 1 is 0.860 bits per heavy atom. The normalized spacial score (nSPS) is 21.2. The SMILES string of the molecule is CS(=O)(=O)N1CC(Cc2ccc3c(c2)C(=O)N(C[C@@H](O)CN2CCc4ccccc4C2)CC3)C1.CS(=O)(=O)N1CC(N)C1. The predicted octanol–water partition coefficient (Wildman–Crippen LogP) is 0.127. The molecule has 43 heavy (non-hydrogen) atoms. The first kappa shape index (κ1) is 32.0. The molecule has 0 saturated carbocycles. The maximum atomic E-state index is 13.2. The van der Waals surface area contributed by atoms with Gasteiger partial charge in [0.25, 0.3) is 5.91 Å². The van der Waals surface area contributed by atoms with Gasteiger partial charge in [-0.25, -0.2) is 21.1 Å². The van der Waals surface area contributed by atoms with E-state index < -0.39 is 26.2 Å². The van der Waals surface area contributed by atoms with Gasteiger partial charge in [-0.1, -0.05) is 36.4 Å². The largest absolute Gasteiger partial charge is 0.390 e. The number of benzene rings is 2. The third-order valence-corrected chi connectivity index (χ3v) is 11.2. The minimum atomic E-state index is -3.11. The van der Waals surface area contributed by atoms with Crippen molar-refractivity contribution in [3.8, 4) is 0 Å². The lowest BCUT2D eigenvalue weighted by Gasteiger charge is -2.37. The maximum absolute atomic E-state index is 13.2. The predicted molar refractivity (Wildman–Crippen MR) is 165 cm³/mol. The first-order chi connectivity index (χ1) is 20.3. The van der Waals surface area contributed by atoms with E-state index in [1.54, 1.807) is 4.90 Å². The van der Waals surface area contributed by atoms with E-state index in [-0.39, 0.29) is 11.9 Å². The summed E-state index contributed by atoms with van der Waals surface area (Å²) in [5, 5.41) is 10.8. The Balaban J connectivity index is 0.000000351. The second-order valence-corrected chi connectivity index (χ2v) is 16.4. The van der Waals surface area contributed by atoms with E-state index in [1.807, 2.05) is 12.1 Å². The molecule has 3 N–H and O–H groups in total. The summed E-state index contributed by atoms with van der Waals surface area (Å²) in [5.41, 5.74) is 10.9. The van der Waals surface area contributed by atoms with Gasteiger partial charge in [0.1, 0.15) is 0 Å². The van der Waals surface area contributed by atoms with E-state index in [0.29, 0.717) is 51.7 Å². The lowest BCUT2D eigenvalue weighted by atomic mass is 9.90. The van der Waals surface area contributed by atoms with Gasteiger partial charge >= 0.3 is 0 Å². The molecular weight excluding hydrogens is 590 g/mol. The molecule has 0 aromatic heterocycles. The van der Waals surface area contributed by atoms with Crippen molar-refractivity contribution >= 4 is 26.0 Å². The van der Waals surface area contributed by atoms with Crippen molar-refractivity contribution in [3.05, 3.63) is 70.3 Å². The Morgan fingerprint density at radius 2 is 1.49 bits per heavy atom. The molecule has 11 nitrogen and oxygen atoms in total. The third-order valence-electron chi connectivity index (χ3n) is 8.72. The van der Waals surface area contributed by atoms with Gasteiger partial charge < -0.3 is 15.7 Å². The fourth-order valence-electron chi connectivity index (χ4n) is 6.19. The smallest absolute Gasteiger partial charge is 0.254 e. The molecule has 13 heteroatoms. The highest BCUT2D eigenvalue weighted by molar-refractivity contribution is 7.88. The molecule has 2 aromatic rings. The average Bonchev–Trinajstić information content (AvgIpc) is 2.89. The van der Waals surface area contributed by atoms with E-state index >= 15 is 0 Å². The number of nitrogens with zero attached hydrogens (tertiary/aromatic N) is 4. The number of aliphatic hydroxyl groups is 1. The highest BCUT2D eigenvalue weighted by Gasteiger charge is 2.34. The summed E-state index contributed by atoms with van der Waals surface area (Å²) in [7, 11) is -6.06. The molecule has 2 saturated heterocycles. The molecule has 0 unspecified atom stereocenters. The van der Waals surface area contributed by atoms with Crippen molar-refractivity contribution in [2.75, 3.05) is 64.9 Å². The first-order valence-corrected chi connectivity index (χ1v) is 18.5. The van der Waals surface area contributed by atoms with E-state index in [9.17, 15) is 26.7 Å². The van der Waals surface area contributed by atoms with E-state index in [4.69, 9.17) is 5.73 Å². The summed E-state index contributed by atoms with van der Waals surface area (Å²) in [6.45, 7) is 5.34. The first-order valence-electron chi connectivity index (χ1n) is 14.8. The molecule has 6 rings (SSSR count). The summed E-state index contributed by atoms with van der Waals surface area (Å²) < 4.78 is 47.3. The van der Waals surface area contributed by atoms with Crippen molar-refractivity contribution in [1.82, 2.24) is 18.4 Å². The Bertz CT molecular complexity index is 1540. The van der Waals surface area contributed by atoms with Crippen LogP contribution < -0.4 is 5.73 Å². The number of carbonyl (C=O) groups is 1. The van der Waals surface area contributed by atoms with Crippen LogP contribution in [0.3, 0.4) is 0 Å². The lowest BCUT2D eigenvalue weighted by molar-refractivity contribution is 0.0492. The van der Waals surface area contributed by atoms with Crippen LogP contribution in [-0.2, 0) is 45.9 Å².